The van der Waals surface area contributed by atoms with Gasteiger partial charge in [0.25, 0.3) is 0 Å². The number of hydrogen-bond donors (Lipinski definition) is 2. The van der Waals surface area contributed by atoms with Crippen LogP contribution in [0.5, 0.6) is 0 Å². The molecular weight excluding hydrogens is 264 g/mol. The van der Waals surface area contributed by atoms with Gasteiger partial charge in [-0.1, -0.05) is 0 Å². The Morgan fingerprint density at radius 1 is 1.26 bits per heavy atom. The minimum Gasteiger partial charge on any atom is -0.385 e. The van der Waals surface area contributed by atoms with E-state index in [4.69, 9.17) is 4.74 Å². The van der Waals surface area contributed by atoms with Gasteiger partial charge in [0, 0.05) is 32.0 Å². The van der Waals surface area contributed by atoms with Crippen molar-refractivity contribution in [3.05, 3.63) is 24.3 Å². The molecule has 0 bridgehead atoms. The Bertz CT molecular complexity index is 495. The summed E-state index contributed by atoms with van der Waals surface area (Å²) in [5, 5.41) is 3.22. The molecule has 2 N–H and O–H groups in total. The summed E-state index contributed by atoms with van der Waals surface area (Å²) in [5.41, 5.74) is 0.918. The molecule has 1 aromatic rings. The third kappa shape index (κ3) is 4.49. The number of rotatable bonds is 8. The molecule has 1 saturated carbocycles. The number of ether oxygens (including phenoxy) is 1. The number of sulfonamides is 1. The summed E-state index contributed by atoms with van der Waals surface area (Å²) < 4.78 is 31.5. The summed E-state index contributed by atoms with van der Waals surface area (Å²) in [6.07, 6.45) is 2.80. The fraction of sp³-hybridized carbons (Fsp3) is 0.538. The first-order valence-electron chi connectivity index (χ1n) is 6.47. The molecule has 0 unspecified atom stereocenters. The SMILES string of the molecule is COCCCNc1ccc(S(=O)(=O)NC2CC2)cc1. The zero-order chi connectivity index (χ0) is 13.7. The maximum Gasteiger partial charge on any atom is 0.240 e. The zero-order valence-corrected chi connectivity index (χ0v) is 11.9. The molecule has 2 rings (SSSR count). The predicted octanol–water partition coefficient (Wildman–Crippen LogP) is 1.58. The lowest BCUT2D eigenvalue weighted by molar-refractivity contribution is 0.198. The lowest BCUT2D eigenvalue weighted by atomic mass is 10.3. The number of benzene rings is 1. The zero-order valence-electron chi connectivity index (χ0n) is 11.1. The van der Waals surface area contributed by atoms with Crippen LogP contribution in [0.3, 0.4) is 0 Å². The Kier molecular flexibility index (Phi) is 4.79. The topological polar surface area (TPSA) is 67.4 Å². The summed E-state index contributed by atoms with van der Waals surface area (Å²) in [5.74, 6) is 0. The lowest BCUT2D eigenvalue weighted by Gasteiger charge is -2.08. The number of anilines is 1. The second-order valence-corrected chi connectivity index (χ2v) is 6.41. The average Bonchev–Trinajstić information content (AvgIpc) is 3.18. The van der Waals surface area contributed by atoms with Crippen LogP contribution in [0.25, 0.3) is 0 Å². The van der Waals surface area contributed by atoms with Gasteiger partial charge in [0.1, 0.15) is 0 Å². The van der Waals surface area contributed by atoms with E-state index >= 15 is 0 Å². The summed E-state index contributed by atoms with van der Waals surface area (Å²) in [4.78, 5) is 0.321. The van der Waals surface area contributed by atoms with E-state index in [1.807, 2.05) is 0 Å². The van der Waals surface area contributed by atoms with E-state index in [0.29, 0.717) is 11.5 Å². The van der Waals surface area contributed by atoms with Crippen LogP contribution in [-0.2, 0) is 14.8 Å². The van der Waals surface area contributed by atoms with Gasteiger partial charge >= 0.3 is 0 Å². The van der Waals surface area contributed by atoms with E-state index in [0.717, 1.165) is 31.5 Å². The third-order valence-electron chi connectivity index (χ3n) is 2.92. The summed E-state index contributed by atoms with van der Waals surface area (Å²) in [6.45, 7) is 1.52. The molecule has 6 heteroatoms. The Morgan fingerprint density at radius 2 is 1.95 bits per heavy atom. The highest BCUT2D eigenvalue weighted by Crippen LogP contribution is 2.22. The molecule has 0 radical (unpaired) electrons. The van der Waals surface area contributed by atoms with Gasteiger partial charge in [0.05, 0.1) is 4.90 Å². The Labute approximate surface area is 114 Å². The molecule has 1 aliphatic rings. The number of hydrogen-bond acceptors (Lipinski definition) is 4. The molecule has 1 aromatic carbocycles. The van der Waals surface area contributed by atoms with Crippen LogP contribution in [0.1, 0.15) is 19.3 Å². The summed E-state index contributed by atoms with van der Waals surface area (Å²) in [6, 6.07) is 6.96. The molecular formula is C13H20N2O3S. The molecule has 0 aliphatic heterocycles. The highest BCUT2D eigenvalue weighted by atomic mass is 32.2. The maximum absolute atomic E-state index is 11.9. The largest absolute Gasteiger partial charge is 0.385 e. The molecule has 5 nitrogen and oxygen atoms in total. The van der Waals surface area contributed by atoms with Gasteiger partial charge in [-0.05, 0) is 43.5 Å². The van der Waals surface area contributed by atoms with Crippen LogP contribution in [0, 0.1) is 0 Å². The van der Waals surface area contributed by atoms with E-state index in [2.05, 4.69) is 10.0 Å². The molecule has 0 spiro atoms. The van der Waals surface area contributed by atoms with Crippen LogP contribution in [0.2, 0.25) is 0 Å². The molecule has 0 heterocycles. The van der Waals surface area contributed by atoms with E-state index in [9.17, 15) is 8.42 Å². The van der Waals surface area contributed by atoms with Gasteiger partial charge in [-0.25, -0.2) is 13.1 Å². The Hall–Kier alpha value is -1.11. The molecule has 1 fully saturated rings. The first-order chi connectivity index (χ1) is 9.12. The molecule has 106 valence electrons. The van der Waals surface area contributed by atoms with Crippen LogP contribution >= 0.6 is 0 Å². The highest BCUT2D eigenvalue weighted by Gasteiger charge is 2.27. The first-order valence-corrected chi connectivity index (χ1v) is 7.95. The van der Waals surface area contributed by atoms with Crippen LogP contribution in [0.15, 0.2) is 29.2 Å². The minimum atomic E-state index is -3.34. The van der Waals surface area contributed by atoms with Crippen molar-refractivity contribution in [2.45, 2.75) is 30.2 Å². The molecule has 0 atom stereocenters. The van der Waals surface area contributed by atoms with Crippen LogP contribution in [-0.4, -0.2) is 34.7 Å². The van der Waals surface area contributed by atoms with E-state index in [1.54, 1.807) is 31.4 Å². The van der Waals surface area contributed by atoms with Gasteiger partial charge in [0.15, 0.2) is 0 Å². The monoisotopic (exact) mass is 284 g/mol. The predicted molar refractivity (Wildman–Crippen MR) is 74.8 cm³/mol. The standard InChI is InChI=1S/C13H20N2O3S/c1-18-10-2-9-14-11-5-7-13(8-6-11)19(16,17)15-12-3-4-12/h5-8,12,14-15H,2-4,9-10H2,1H3. The third-order valence-corrected chi connectivity index (χ3v) is 4.45. The Balaban J connectivity index is 1.90. The van der Waals surface area contributed by atoms with Crippen molar-refractivity contribution in [1.29, 1.82) is 0 Å². The smallest absolute Gasteiger partial charge is 0.240 e. The quantitative estimate of drug-likeness (QED) is 0.711. The van der Waals surface area contributed by atoms with E-state index < -0.39 is 10.0 Å². The van der Waals surface area contributed by atoms with Crippen LogP contribution in [0.4, 0.5) is 5.69 Å². The fourth-order valence-corrected chi connectivity index (χ4v) is 2.99. The van der Waals surface area contributed by atoms with Crippen LogP contribution < -0.4 is 10.0 Å². The van der Waals surface area contributed by atoms with Crippen molar-refractivity contribution in [2.24, 2.45) is 0 Å². The molecule has 0 aromatic heterocycles. The number of nitrogens with one attached hydrogen (secondary N) is 2. The molecule has 0 saturated heterocycles. The Morgan fingerprint density at radius 3 is 2.53 bits per heavy atom. The van der Waals surface area contributed by atoms with Crippen molar-refractivity contribution in [3.8, 4) is 0 Å². The van der Waals surface area contributed by atoms with Crippen molar-refractivity contribution >= 4 is 15.7 Å². The summed E-state index contributed by atoms with van der Waals surface area (Å²) >= 11 is 0. The van der Waals surface area contributed by atoms with E-state index in [-0.39, 0.29) is 6.04 Å². The number of methoxy groups -OCH3 is 1. The fourth-order valence-electron chi connectivity index (χ4n) is 1.69. The van der Waals surface area contributed by atoms with Gasteiger partial charge in [0.2, 0.25) is 10.0 Å². The second-order valence-electron chi connectivity index (χ2n) is 4.69. The van der Waals surface area contributed by atoms with Crippen molar-refractivity contribution in [2.75, 3.05) is 25.6 Å². The maximum atomic E-state index is 11.9. The average molecular weight is 284 g/mol. The lowest BCUT2D eigenvalue weighted by Crippen LogP contribution is -2.25. The highest BCUT2D eigenvalue weighted by molar-refractivity contribution is 7.89. The normalized spacial score (nSPS) is 15.4. The van der Waals surface area contributed by atoms with E-state index in [1.165, 1.54) is 0 Å². The molecule has 0 amide bonds. The second kappa shape index (κ2) is 6.36. The van der Waals surface area contributed by atoms with Gasteiger partial charge in [-0.3, -0.25) is 0 Å². The minimum absolute atomic E-state index is 0.136. The van der Waals surface area contributed by atoms with Gasteiger partial charge < -0.3 is 10.1 Å². The molecule has 19 heavy (non-hydrogen) atoms. The van der Waals surface area contributed by atoms with Gasteiger partial charge in [-0.15, -0.1) is 0 Å². The van der Waals surface area contributed by atoms with Crippen molar-refractivity contribution in [1.82, 2.24) is 4.72 Å². The first kappa shape index (κ1) is 14.3. The van der Waals surface area contributed by atoms with Crippen molar-refractivity contribution in [3.63, 3.8) is 0 Å². The van der Waals surface area contributed by atoms with Gasteiger partial charge in [-0.2, -0.15) is 0 Å². The molecule has 1 aliphatic carbocycles. The van der Waals surface area contributed by atoms with Crippen molar-refractivity contribution < 1.29 is 13.2 Å². The summed E-state index contributed by atoms with van der Waals surface area (Å²) in [7, 11) is -1.67.